The van der Waals surface area contributed by atoms with E-state index >= 15 is 0 Å². The second-order valence-electron chi connectivity index (χ2n) is 9.89. The van der Waals surface area contributed by atoms with E-state index in [2.05, 4.69) is 33.2 Å². The summed E-state index contributed by atoms with van der Waals surface area (Å²) in [6.45, 7) is 4.02. The van der Waals surface area contributed by atoms with Gasteiger partial charge in [0.2, 0.25) is 0 Å². The number of halogens is 1. The smallest absolute Gasteiger partial charge is 0.255 e. The molecule has 6 rings (SSSR count). The lowest BCUT2D eigenvalue weighted by atomic mass is 9.88. The van der Waals surface area contributed by atoms with Crippen LogP contribution in [0.2, 0.25) is 0 Å². The van der Waals surface area contributed by atoms with E-state index in [4.69, 9.17) is 10.8 Å². The number of hydrogen-bond donors (Lipinski definition) is 2. The number of carbonyl (C=O) groups excluding carboxylic acids is 1. The second kappa shape index (κ2) is 10.00. The molecule has 3 heterocycles. The molecular formula is C29H30FN7O. The third-order valence-electron chi connectivity index (χ3n) is 7.43. The molecule has 0 radical (unpaired) electrons. The SMILES string of the molecule is CN1CCN(c2cc(C(=O)Nc3ccc4c(c3)-c3c(c(CN)nn3-c3ccc(F)cc3)CC4)ccn2)CC1. The summed E-state index contributed by atoms with van der Waals surface area (Å²) in [7, 11) is 2.11. The van der Waals surface area contributed by atoms with Crippen LogP contribution in [0.1, 0.15) is 27.2 Å². The highest BCUT2D eigenvalue weighted by molar-refractivity contribution is 6.05. The molecule has 1 saturated heterocycles. The number of aryl methyl sites for hydroxylation is 1. The van der Waals surface area contributed by atoms with Crippen molar-refractivity contribution in [3.8, 4) is 16.9 Å². The molecule has 0 saturated carbocycles. The molecule has 0 unspecified atom stereocenters. The first-order valence-corrected chi connectivity index (χ1v) is 12.9. The minimum atomic E-state index is -0.300. The topological polar surface area (TPSA) is 92.3 Å². The maximum atomic E-state index is 13.6. The number of nitrogens with one attached hydrogen (secondary N) is 1. The molecule has 38 heavy (non-hydrogen) atoms. The van der Waals surface area contributed by atoms with Crippen LogP contribution in [0.25, 0.3) is 16.9 Å². The Kier molecular flexibility index (Phi) is 6.39. The van der Waals surface area contributed by atoms with E-state index in [1.165, 1.54) is 17.7 Å². The Bertz CT molecular complexity index is 1490. The van der Waals surface area contributed by atoms with Gasteiger partial charge in [-0.05, 0) is 74.0 Å². The van der Waals surface area contributed by atoms with Gasteiger partial charge in [-0.3, -0.25) is 4.79 Å². The van der Waals surface area contributed by atoms with Gasteiger partial charge in [-0.1, -0.05) is 6.07 Å². The summed E-state index contributed by atoms with van der Waals surface area (Å²) in [6, 6.07) is 15.9. The van der Waals surface area contributed by atoms with Crippen LogP contribution in [0.15, 0.2) is 60.8 Å². The molecule has 2 aromatic heterocycles. The highest BCUT2D eigenvalue weighted by Crippen LogP contribution is 2.38. The summed E-state index contributed by atoms with van der Waals surface area (Å²) in [6.07, 6.45) is 3.38. The molecule has 0 spiro atoms. The van der Waals surface area contributed by atoms with Gasteiger partial charge in [0.1, 0.15) is 11.6 Å². The monoisotopic (exact) mass is 511 g/mol. The second-order valence-corrected chi connectivity index (χ2v) is 9.89. The number of nitrogens with two attached hydrogens (primary N) is 1. The van der Waals surface area contributed by atoms with Gasteiger partial charge in [0.15, 0.2) is 0 Å². The number of anilines is 2. The van der Waals surface area contributed by atoms with E-state index in [1.54, 1.807) is 24.4 Å². The largest absolute Gasteiger partial charge is 0.354 e. The summed E-state index contributed by atoms with van der Waals surface area (Å²) in [5.74, 6) is 0.331. The molecule has 1 aliphatic heterocycles. The van der Waals surface area contributed by atoms with Crippen molar-refractivity contribution in [2.45, 2.75) is 19.4 Å². The first-order chi connectivity index (χ1) is 18.5. The van der Waals surface area contributed by atoms with Crippen LogP contribution < -0.4 is 16.0 Å². The number of nitrogens with zero attached hydrogens (tertiary/aromatic N) is 5. The average molecular weight is 512 g/mol. The molecule has 2 aliphatic rings. The van der Waals surface area contributed by atoms with E-state index < -0.39 is 0 Å². The van der Waals surface area contributed by atoms with E-state index in [-0.39, 0.29) is 11.7 Å². The third kappa shape index (κ3) is 4.55. The highest BCUT2D eigenvalue weighted by atomic mass is 19.1. The molecule has 3 N–H and O–H groups in total. The zero-order chi connectivity index (χ0) is 26.2. The van der Waals surface area contributed by atoms with Crippen LogP contribution in [0.4, 0.5) is 15.9 Å². The van der Waals surface area contributed by atoms with Crippen molar-refractivity contribution in [1.82, 2.24) is 19.7 Å². The van der Waals surface area contributed by atoms with Gasteiger partial charge >= 0.3 is 0 Å². The lowest BCUT2D eigenvalue weighted by molar-refractivity contribution is 0.102. The summed E-state index contributed by atoms with van der Waals surface area (Å²) in [4.78, 5) is 22.2. The van der Waals surface area contributed by atoms with Crippen LogP contribution in [0, 0.1) is 5.82 Å². The van der Waals surface area contributed by atoms with E-state index in [9.17, 15) is 9.18 Å². The fraction of sp³-hybridized carbons (Fsp3) is 0.276. The van der Waals surface area contributed by atoms with Crippen LogP contribution in [0.5, 0.6) is 0 Å². The molecule has 9 heteroatoms. The Balaban J connectivity index is 1.30. The Morgan fingerprint density at radius 2 is 1.82 bits per heavy atom. The molecule has 194 valence electrons. The van der Waals surface area contributed by atoms with Gasteiger partial charge < -0.3 is 20.9 Å². The zero-order valence-electron chi connectivity index (χ0n) is 21.3. The number of pyridine rings is 1. The van der Waals surface area contributed by atoms with Crippen molar-refractivity contribution < 1.29 is 9.18 Å². The maximum absolute atomic E-state index is 13.6. The summed E-state index contributed by atoms with van der Waals surface area (Å²) in [5.41, 5.74) is 13.1. The fourth-order valence-corrected chi connectivity index (χ4v) is 5.29. The average Bonchev–Trinajstić information content (AvgIpc) is 3.33. The number of fused-ring (bicyclic) bond motifs is 3. The van der Waals surface area contributed by atoms with Crippen LogP contribution >= 0.6 is 0 Å². The lowest BCUT2D eigenvalue weighted by Crippen LogP contribution is -2.44. The van der Waals surface area contributed by atoms with Gasteiger partial charge in [-0.15, -0.1) is 0 Å². The minimum Gasteiger partial charge on any atom is -0.354 e. The van der Waals surface area contributed by atoms with Gasteiger partial charge in [0.25, 0.3) is 5.91 Å². The van der Waals surface area contributed by atoms with Crippen molar-refractivity contribution in [1.29, 1.82) is 0 Å². The van der Waals surface area contributed by atoms with E-state index in [0.29, 0.717) is 17.8 Å². The normalized spacial score (nSPS) is 15.2. The van der Waals surface area contributed by atoms with Crippen molar-refractivity contribution in [2.75, 3.05) is 43.4 Å². The van der Waals surface area contributed by atoms with Crippen LogP contribution in [-0.2, 0) is 19.4 Å². The molecule has 0 atom stereocenters. The van der Waals surface area contributed by atoms with E-state index in [1.807, 2.05) is 22.9 Å². The number of hydrogen-bond acceptors (Lipinski definition) is 6. The number of aromatic nitrogens is 3. The predicted molar refractivity (Wildman–Crippen MR) is 146 cm³/mol. The Morgan fingerprint density at radius 3 is 2.58 bits per heavy atom. The minimum absolute atomic E-state index is 0.187. The summed E-state index contributed by atoms with van der Waals surface area (Å²) < 4.78 is 15.5. The van der Waals surface area contributed by atoms with E-state index in [0.717, 1.165) is 73.0 Å². The Morgan fingerprint density at radius 1 is 1.03 bits per heavy atom. The van der Waals surface area contributed by atoms with Gasteiger partial charge in [-0.25, -0.2) is 14.1 Å². The standard InChI is InChI=1S/C29H30FN7O/c1-35-12-14-36(15-13-35)27-16-20(10-11-32-27)29(38)33-22-6-2-19-3-9-24-26(18-31)34-37(28(24)25(19)17-22)23-7-4-21(30)5-8-23/h2,4-8,10-11,16-17H,3,9,12-15,18,31H2,1H3,(H,33,38). The Labute approximate surface area is 220 Å². The van der Waals surface area contributed by atoms with Gasteiger partial charge in [-0.2, -0.15) is 5.10 Å². The van der Waals surface area contributed by atoms with Crippen LogP contribution in [0.3, 0.4) is 0 Å². The van der Waals surface area contributed by atoms with Crippen molar-refractivity contribution in [3.63, 3.8) is 0 Å². The summed E-state index contributed by atoms with van der Waals surface area (Å²) in [5, 5.41) is 7.84. The number of likely N-dealkylation sites (N-methyl/N-ethyl adjacent to an activating group) is 1. The first kappa shape index (κ1) is 24.3. The number of rotatable bonds is 5. The van der Waals surface area contributed by atoms with Crippen LogP contribution in [-0.4, -0.2) is 58.8 Å². The third-order valence-corrected chi connectivity index (χ3v) is 7.43. The number of piperazine rings is 1. The zero-order valence-corrected chi connectivity index (χ0v) is 21.3. The van der Waals surface area contributed by atoms with Crippen molar-refractivity contribution >= 4 is 17.4 Å². The molecule has 1 fully saturated rings. The molecule has 8 nitrogen and oxygen atoms in total. The molecule has 0 bridgehead atoms. The number of benzene rings is 2. The number of amides is 1. The predicted octanol–water partition coefficient (Wildman–Crippen LogP) is 3.63. The quantitative estimate of drug-likeness (QED) is 0.425. The Hall–Kier alpha value is -4.08. The molecule has 1 aliphatic carbocycles. The first-order valence-electron chi connectivity index (χ1n) is 12.9. The van der Waals surface area contributed by atoms with Gasteiger partial charge in [0, 0.05) is 61.3 Å². The van der Waals surface area contributed by atoms with Gasteiger partial charge in [0.05, 0.1) is 17.1 Å². The fourth-order valence-electron chi connectivity index (χ4n) is 5.29. The lowest BCUT2D eigenvalue weighted by Gasteiger charge is -2.33. The molecule has 1 amide bonds. The maximum Gasteiger partial charge on any atom is 0.255 e. The molecule has 4 aromatic rings. The molecule has 2 aromatic carbocycles. The summed E-state index contributed by atoms with van der Waals surface area (Å²) >= 11 is 0. The van der Waals surface area contributed by atoms with Crippen molar-refractivity contribution in [3.05, 3.63) is 89.0 Å². The van der Waals surface area contributed by atoms with Crippen molar-refractivity contribution in [2.24, 2.45) is 5.73 Å². The molecular weight excluding hydrogens is 481 g/mol. The number of carbonyl (C=O) groups is 1. The highest BCUT2D eigenvalue weighted by Gasteiger charge is 2.26.